The highest BCUT2D eigenvalue weighted by Gasteiger charge is 2.36. The molecule has 2 heterocycles. The second-order valence-electron chi connectivity index (χ2n) is 5.88. The molecule has 7 nitrogen and oxygen atoms in total. The maximum absolute atomic E-state index is 12.3. The van der Waals surface area contributed by atoms with E-state index in [1.54, 1.807) is 24.3 Å². The summed E-state index contributed by atoms with van der Waals surface area (Å²) >= 11 is 7.24. The molecular formula is C18H19ClN2O5S. The largest absolute Gasteiger partial charge is 0.482 e. The van der Waals surface area contributed by atoms with Crippen LogP contribution in [0.3, 0.4) is 0 Å². The Bertz CT molecular complexity index is 769. The molecule has 9 heteroatoms. The highest BCUT2D eigenvalue weighted by atomic mass is 35.5. The minimum atomic E-state index is -0.562. The number of hydrogen-bond donors (Lipinski definition) is 1. The smallest absolute Gasteiger partial charge is 0.344 e. The molecule has 144 valence electrons. The van der Waals surface area contributed by atoms with Gasteiger partial charge in [0.25, 0.3) is 5.91 Å². The van der Waals surface area contributed by atoms with Gasteiger partial charge in [-0.05, 0) is 35.7 Å². The third kappa shape index (κ3) is 5.20. The molecule has 1 aliphatic heterocycles. The quantitative estimate of drug-likeness (QED) is 0.558. The van der Waals surface area contributed by atoms with Gasteiger partial charge in [0.2, 0.25) is 0 Å². The number of thiophene rings is 1. The van der Waals surface area contributed by atoms with Gasteiger partial charge in [0.1, 0.15) is 18.4 Å². The summed E-state index contributed by atoms with van der Waals surface area (Å²) in [6.45, 7) is 1.01. The number of piperazine rings is 1. The number of carbonyl (C=O) groups is 2. The van der Waals surface area contributed by atoms with E-state index >= 15 is 0 Å². The van der Waals surface area contributed by atoms with E-state index in [0.717, 1.165) is 9.94 Å². The van der Waals surface area contributed by atoms with Crippen molar-refractivity contribution in [1.82, 2.24) is 9.96 Å². The zero-order chi connectivity index (χ0) is 19.2. The van der Waals surface area contributed by atoms with Crippen LogP contribution in [0.2, 0.25) is 5.02 Å². The van der Waals surface area contributed by atoms with Crippen molar-refractivity contribution in [2.24, 2.45) is 0 Å². The van der Waals surface area contributed by atoms with E-state index in [1.165, 1.54) is 11.3 Å². The van der Waals surface area contributed by atoms with Crippen LogP contribution in [-0.4, -0.2) is 59.9 Å². The van der Waals surface area contributed by atoms with Crippen molar-refractivity contribution in [2.45, 2.75) is 6.04 Å². The van der Waals surface area contributed by atoms with Crippen molar-refractivity contribution in [3.05, 3.63) is 51.7 Å². The molecule has 1 atom stereocenters. The summed E-state index contributed by atoms with van der Waals surface area (Å²) in [5.74, 6) is -0.343. The lowest BCUT2D eigenvalue weighted by Crippen LogP contribution is -2.51. The molecule has 0 bridgehead atoms. The van der Waals surface area contributed by atoms with Gasteiger partial charge in [0, 0.05) is 23.0 Å². The van der Waals surface area contributed by atoms with Crippen LogP contribution >= 0.6 is 22.9 Å². The molecule has 1 aromatic carbocycles. The summed E-state index contributed by atoms with van der Waals surface area (Å²) in [4.78, 5) is 26.9. The summed E-state index contributed by atoms with van der Waals surface area (Å²) < 4.78 is 10.5. The Morgan fingerprint density at radius 2 is 2.04 bits per heavy atom. The Kier molecular flexibility index (Phi) is 6.68. The number of amides is 1. The van der Waals surface area contributed by atoms with Crippen LogP contribution in [0.15, 0.2) is 41.8 Å². The van der Waals surface area contributed by atoms with Crippen molar-refractivity contribution in [2.75, 3.05) is 32.8 Å². The minimum absolute atomic E-state index is 0.128. The zero-order valence-electron chi connectivity index (χ0n) is 14.4. The Balaban J connectivity index is 1.47. The van der Waals surface area contributed by atoms with Crippen LogP contribution in [0.4, 0.5) is 0 Å². The first-order chi connectivity index (χ1) is 13.0. The van der Waals surface area contributed by atoms with E-state index in [0.29, 0.717) is 23.9 Å². The fourth-order valence-electron chi connectivity index (χ4n) is 2.74. The molecule has 1 saturated heterocycles. The Hall–Kier alpha value is -2.13. The van der Waals surface area contributed by atoms with Gasteiger partial charge >= 0.3 is 5.97 Å². The summed E-state index contributed by atoms with van der Waals surface area (Å²) in [6, 6.07) is 9.83. The minimum Gasteiger partial charge on any atom is -0.482 e. The van der Waals surface area contributed by atoms with Crippen LogP contribution in [0.1, 0.15) is 10.9 Å². The molecule has 0 aliphatic carbocycles. The first-order valence-electron chi connectivity index (χ1n) is 8.36. The molecule has 1 amide bonds. The lowest BCUT2D eigenvalue weighted by molar-refractivity contribution is -0.182. The molecule has 2 aromatic rings. The van der Waals surface area contributed by atoms with Gasteiger partial charge in [-0.15, -0.1) is 11.3 Å². The van der Waals surface area contributed by atoms with Gasteiger partial charge < -0.3 is 9.47 Å². The van der Waals surface area contributed by atoms with Crippen molar-refractivity contribution in [1.29, 1.82) is 0 Å². The molecule has 1 fully saturated rings. The topological polar surface area (TPSA) is 79.3 Å². The summed E-state index contributed by atoms with van der Waals surface area (Å²) in [5.41, 5.74) is 0. The highest BCUT2D eigenvalue weighted by Crippen LogP contribution is 2.29. The van der Waals surface area contributed by atoms with Crippen molar-refractivity contribution in [3.63, 3.8) is 0 Å². The zero-order valence-corrected chi connectivity index (χ0v) is 16.0. The second-order valence-corrected chi connectivity index (χ2v) is 7.29. The number of nitrogens with zero attached hydrogens (tertiary/aromatic N) is 2. The lowest BCUT2D eigenvalue weighted by atomic mass is 10.1. The van der Waals surface area contributed by atoms with Gasteiger partial charge in [-0.2, -0.15) is 0 Å². The maximum atomic E-state index is 12.3. The van der Waals surface area contributed by atoms with Crippen LogP contribution in [0.25, 0.3) is 0 Å². The lowest BCUT2D eigenvalue weighted by Gasteiger charge is -2.37. The van der Waals surface area contributed by atoms with Gasteiger partial charge in [-0.1, -0.05) is 17.7 Å². The van der Waals surface area contributed by atoms with Gasteiger partial charge in [-0.3, -0.25) is 14.9 Å². The maximum Gasteiger partial charge on any atom is 0.344 e. The highest BCUT2D eigenvalue weighted by molar-refractivity contribution is 7.10. The SMILES string of the molecule is O=C(COc1ccc(Cl)cc1)OCCN1CCN(O)C(=O)C1c1cccs1. The molecule has 1 aromatic heterocycles. The molecule has 0 radical (unpaired) electrons. The average Bonchev–Trinajstić information content (AvgIpc) is 3.18. The van der Waals surface area contributed by atoms with E-state index in [1.807, 2.05) is 22.4 Å². The molecule has 0 saturated carbocycles. The van der Waals surface area contributed by atoms with Gasteiger partial charge in [0.15, 0.2) is 6.61 Å². The summed E-state index contributed by atoms with van der Waals surface area (Å²) in [5, 5.41) is 12.9. The molecule has 0 spiro atoms. The van der Waals surface area contributed by atoms with Gasteiger partial charge in [-0.25, -0.2) is 9.86 Å². The summed E-state index contributed by atoms with van der Waals surface area (Å²) in [7, 11) is 0. The summed E-state index contributed by atoms with van der Waals surface area (Å²) in [6.07, 6.45) is 0. The van der Waals surface area contributed by atoms with Crippen LogP contribution in [0.5, 0.6) is 5.75 Å². The molecule has 1 aliphatic rings. The number of esters is 1. The molecule has 1 N–H and O–H groups in total. The predicted octanol–water partition coefficient (Wildman–Crippen LogP) is 2.60. The van der Waals surface area contributed by atoms with E-state index < -0.39 is 12.0 Å². The van der Waals surface area contributed by atoms with Crippen molar-refractivity contribution < 1.29 is 24.3 Å². The van der Waals surface area contributed by atoms with Crippen molar-refractivity contribution in [3.8, 4) is 5.75 Å². The first-order valence-corrected chi connectivity index (χ1v) is 9.62. The van der Waals surface area contributed by atoms with E-state index in [-0.39, 0.29) is 25.7 Å². The predicted molar refractivity (Wildman–Crippen MR) is 100 cm³/mol. The fourth-order valence-corrected chi connectivity index (χ4v) is 3.72. The van der Waals surface area contributed by atoms with E-state index in [2.05, 4.69) is 0 Å². The van der Waals surface area contributed by atoms with Crippen LogP contribution in [0, 0.1) is 0 Å². The van der Waals surface area contributed by atoms with E-state index in [9.17, 15) is 14.8 Å². The average molecular weight is 411 g/mol. The number of rotatable bonds is 7. The van der Waals surface area contributed by atoms with Crippen molar-refractivity contribution >= 4 is 34.8 Å². The number of carbonyl (C=O) groups excluding carboxylic acids is 2. The standard InChI is InChI=1S/C18H19ClN2O5S/c19-13-3-5-14(6-4-13)26-12-16(22)25-10-9-20-7-8-21(24)18(23)17(20)15-2-1-11-27-15/h1-6,11,17,24H,7-10,12H2. The Labute approximate surface area is 165 Å². The molecule has 27 heavy (non-hydrogen) atoms. The number of hydrogen-bond acceptors (Lipinski definition) is 7. The third-order valence-electron chi connectivity index (χ3n) is 4.08. The monoisotopic (exact) mass is 410 g/mol. The van der Waals surface area contributed by atoms with Gasteiger partial charge in [0.05, 0.1) is 6.54 Å². The second kappa shape index (κ2) is 9.18. The van der Waals surface area contributed by atoms with Crippen LogP contribution < -0.4 is 4.74 Å². The van der Waals surface area contributed by atoms with E-state index in [4.69, 9.17) is 21.1 Å². The van der Waals surface area contributed by atoms with Crippen LogP contribution in [-0.2, 0) is 14.3 Å². The number of hydroxylamine groups is 2. The Morgan fingerprint density at radius 3 is 2.74 bits per heavy atom. The number of benzene rings is 1. The molecule has 3 rings (SSSR count). The third-order valence-corrected chi connectivity index (χ3v) is 5.25. The number of halogens is 1. The number of ether oxygens (including phenoxy) is 2. The first kappa shape index (κ1) is 19.6. The fraction of sp³-hybridized carbons (Fsp3) is 0.333. The normalized spacial score (nSPS) is 17.8. The molecule has 1 unspecified atom stereocenters. The Morgan fingerprint density at radius 1 is 1.26 bits per heavy atom. The molecular weight excluding hydrogens is 392 g/mol.